The van der Waals surface area contributed by atoms with Crippen LogP contribution in [0.2, 0.25) is 0 Å². The molecule has 1 aliphatic rings. The molecule has 2 rings (SSSR count). The number of carboxylic acids is 1. The van der Waals surface area contributed by atoms with Crippen molar-refractivity contribution >= 4 is 17.3 Å². The number of carbonyl (C=O) groups is 1. The zero-order valence-electron chi connectivity index (χ0n) is 9.27. The van der Waals surface area contributed by atoms with E-state index in [1.54, 1.807) is 11.3 Å². The van der Waals surface area contributed by atoms with Gasteiger partial charge >= 0.3 is 5.97 Å². The molecule has 0 radical (unpaired) electrons. The highest BCUT2D eigenvalue weighted by atomic mass is 32.1. The molecule has 88 valence electrons. The second-order valence-electron chi connectivity index (χ2n) is 4.31. The molecule has 2 N–H and O–H groups in total. The first kappa shape index (κ1) is 11.6. The van der Waals surface area contributed by atoms with E-state index in [0.29, 0.717) is 19.5 Å². The lowest BCUT2D eigenvalue weighted by Gasteiger charge is -2.25. The van der Waals surface area contributed by atoms with Gasteiger partial charge in [-0.1, -0.05) is 6.07 Å². The van der Waals surface area contributed by atoms with Crippen molar-refractivity contribution in [2.24, 2.45) is 0 Å². The highest BCUT2D eigenvalue weighted by Gasteiger charge is 2.43. The number of nitrogens with zero attached hydrogens (tertiary/aromatic N) is 1. The lowest BCUT2D eigenvalue weighted by atomic mass is 9.99. The SMILES string of the molecule is CN1CCC(NCc2cccs2)(C(=O)O)C1. The van der Waals surface area contributed by atoms with Gasteiger partial charge in [-0.05, 0) is 24.9 Å². The first-order valence-electron chi connectivity index (χ1n) is 5.32. The van der Waals surface area contributed by atoms with Gasteiger partial charge in [0.2, 0.25) is 0 Å². The molecule has 1 aromatic heterocycles. The number of hydrogen-bond donors (Lipinski definition) is 2. The monoisotopic (exact) mass is 240 g/mol. The van der Waals surface area contributed by atoms with Crippen LogP contribution in [-0.2, 0) is 11.3 Å². The van der Waals surface area contributed by atoms with E-state index in [0.717, 1.165) is 6.54 Å². The van der Waals surface area contributed by atoms with E-state index in [4.69, 9.17) is 0 Å². The number of likely N-dealkylation sites (N-methyl/N-ethyl adjacent to an activating group) is 1. The van der Waals surface area contributed by atoms with Gasteiger partial charge in [0.25, 0.3) is 0 Å². The summed E-state index contributed by atoms with van der Waals surface area (Å²) >= 11 is 1.65. The lowest BCUT2D eigenvalue weighted by Crippen LogP contribution is -2.53. The fraction of sp³-hybridized carbons (Fsp3) is 0.545. The van der Waals surface area contributed by atoms with Gasteiger partial charge in [0.1, 0.15) is 5.54 Å². The summed E-state index contributed by atoms with van der Waals surface area (Å²) in [5.74, 6) is -0.742. The molecule has 1 aliphatic heterocycles. The summed E-state index contributed by atoms with van der Waals surface area (Å²) in [7, 11) is 1.96. The Balaban J connectivity index is 2.01. The highest BCUT2D eigenvalue weighted by molar-refractivity contribution is 7.09. The van der Waals surface area contributed by atoms with Gasteiger partial charge in [-0.15, -0.1) is 11.3 Å². The average Bonchev–Trinajstić information content (AvgIpc) is 2.84. The van der Waals surface area contributed by atoms with E-state index < -0.39 is 11.5 Å². The van der Waals surface area contributed by atoms with Gasteiger partial charge in [-0.3, -0.25) is 10.1 Å². The first-order valence-corrected chi connectivity index (χ1v) is 6.20. The lowest BCUT2D eigenvalue weighted by molar-refractivity contribution is -0.144. The van der Waals surface area contributed by atoms with Gasteiger partial charge in [-0.25, -0.2) is 0 Å². The van der Waals surface area contributed by atoms with Gasteiger partial charge < -0.3 is 10.0 Å². The summed E-state index contributed by atoms with van der Waals surface area (Å²) in [6.45, 7) is 2.05. The number of aliphatic carboxylic acids is 1. The Morgan fingerprint density at radius 1 is 1.75 bits per heavy atom. The molecule has 1 unspecified atom stereocenters. The minimum Gasteiger partial charge on any atom is -0.480 e. The predicted octanol–water partition coefficient (Wildman–Crippen LogP) is 0.997. The van der Waals surface area contributed by atoms with Crippen LogP contribution < -0.4 is 5.32 Å². The number of thiophene rings is 1. The Bertz CT molecular complexity index is 366. The minimum absolute atomic E-state index is 0.577. The van der Waals surface area contributed by atoms with Gasteiger partial charge in [0.05, 0.1) is 0 Å². The van der Waals surface area contributed by atoms with Crippen molar-refractivity contribution in [1.29, 1.82) is 0 Å². The van der Waals surface area contributed by atoms with Gasteiger partial charge in [0, 0.05) is 24.5 Å². The zero-order valence-corrected chi connectivity index (χ0v) is 10.1. The van der Waals surface area contributed by atoms with Crippen molar-refractivity contribution in [2.75, 3.05) is 20.1 Å². The van der Waals surface area contributed by atoms with Crippen LogP contribution >= 0.6 is 11.3 Å². The van der Waals surface area contributed by atoms with Gasteiger partial charge in [0.15, 0.2) is 0 Å². The zero-order chi connectivity index (χ0) is 11.6. The molecular weight excluding hydrogens is 224 g/mol. The van der Waals surface area contributed by atoms with Crippen LogP contribution in [0.25, 0.3) is 0 Å². The number of nitrogens with one attached hydrogen (secondary N) is 1. The van der Waals surface area contributed by atoms with E-state index >= 15 is 0 Å². The van der Waals surface area contributed by atoms with Crippen molar-refractivity contribution in [3.63, 3.8) is 0 Å². The van der Waals surface area contributed by atoms with Crippen LogP contribution in [0.15, 0.2) is 17.5 Å². The molecule has 0 spiro atoms. The second kappa shape index (κ2) is 4.53. The molecule has 1 atom stereocenters. The van der Waals surface area contributed by atoms with Crippen molar-refractivity contribution in [3.05, 3.63) is 22.4 Å². The van der Waals surface area contributed by atoms with Crippen LogP contribution in [0.1, 0.15) is 11.3 Å². The van der Waals surface area contributed by atoms with Crippen molar-refractivity contribution < 1.29 is 9.90 Å². The third kappa shape index (κ3) is 2.26. The molecule has 4 nitrogen and oxygen atoms in total. The van der Waals surface area contributed by atoms with E-state index in [1.807, 2.05) is 24.6 Å². The normalized spacial score (nSPS) is 26.1. The van der Waals surface area contributed by atoms with Crippen LogP contribution in [0.5, 0.6) is 0 Å². The molecule has 1 saturated heterocycles. The summed E-state index contributed by atoms with van der Waals surface area (Å²) < 4.78 is 0. The maximum absolute atomic E-state index is 11.3. The molecular formula is C11H16N2O2S. The van der Waals surface area contributed by atoms with Crippen LogP contribution in [-0.4, -0.2) is 41.7 Å². The van der Waals surface area contributed by atoms with Crippen molar-refractivity contribution in [2.45, 2.75) is 18.5 Å². The van der Waals surface area contributed by atoms with Crippen molar-refractivity contribution in [1.82, 2.24) is 10.2 Å². The first-order chi connectivity index (χ1) is 7.62. The standard InChI is InChI=1S/C11H16N2O2S/c1-13-5-4-11(8-13,10(14)15)12-7-9-3-2-6-16-9/h2-3,6,12H,4-5,7-8H2,1H3,(H,14,15). The molecule has 1 fully saturated rings. The van der Waals surface area contributed by atoms with Gasteiger partial charge in [-0.2, -0.15) is 0 Å². The molecule has 16 heavy (non-hydrogen) atoms. The van der Waals surface area contributed by atoms with E-state index in [-0.39, 0.29) is 0 Å². The van der Waals surface area contributed by atoms with E-state index in [9.17, 15) is 9.90 Å². The third-order valence-electron chi connectivity index (χ3n) is 3.05. The number of rotatable bonds is 4. The summed E-state index contributed by atoms with van der Waals surface area (Å²) in [6, 6.07) is 4.00. The number of likely N-dealkylation sites (tertiary alicyclic amines) is 1. The molecule has 2 heterocycles. The largest absolute Gasteiger partial charge is 0.480 e. The quantitative estimate of drug-likeness (QED) is 0.824. The summed E-state index contributed by atoms with van der Waals surface area (Å²) in [5, 5.41) is 14.5. The molecule has 5 heteroatoms. The smallest absolute Gasteiger partial charge is 0.325 e. The average molecular weight is 240 g/mol. The van der Waals surface area contributed by atoms with Crippen LogP contribution in [0.4, 0.5) is 0 Å². The second-order valence-corrected chi connectivity index (χ2v) is 5.34. The summed E-state index contributed by atoms with van der Waals surface area (Å²) in [6.07, 6.45) is 0.671. The molecule has 0 saturated carbocycles. The fourth-order valence-corrected chi connectivity index (χ4v) is 2.71. The fourth-order valence-electron chi connectivity index (χ4n) is 2.06. The highest BCUT2D eigenvalue weighted by Crippen LogP contribution is 2.21. The maximum atomic E-state index is 11.3. The Morgan fingerprint density at radius 2 is 2.56 bits per heavy atom. The topological polar surface area (TPSA) is 52.6 Å². The minimum atomic E-state index is -0.765. The summed E-state index contributed by atoms with van der Waals surface area (Å²) in [5.41, 5.74) is -0.765. The molecule has 0 bridgehead atoms. The molecule has 1 aromatic rings. The third-order valence-corrected chi connectivity index (χ3v) is 3.93. The Morgan fingerprint density at radius 3 is 3.06 bits per heavy atom. The van der Waals surface area contributed by atoms with E-state index in [2.05, 4.69) is 10.2 Å². The summed E-state index contributed by atoms with van der Waals surface area (Å²) in [4.78, 5) is 14.6. The van der Waals surface area contributed by atoms with Crippen LogP contribution in [0, 0.1) is 0 Å². The maximum Gasteiger partial charge on any atom is 0.325 e. The number of hydrogen-bond acceptors (Lipinski definition) is 4. The predicted molar refractivity (Wildman–Crippen MR) is 63.6 cm³/mol. The van der Waals surface area contributed by atoms with E-state index in [1.165, 1.54) is 4.88 Å². The molecule has 0 aromatic carbocycles. The number of carboxylic acid groups (broad SMARTS) is 1. The Kier molecular flexibility index (Phi) is 3.28. The Labute approximate surface area is 98.9 Å². The Hall–Kier alpha value is -0.910. The molecule has 0 aliphatic carbocycles. The molecule has 0 amide bonds. The van der Waals surface area contributed by atoms with Crippen molar-refractivity contribution in [3.8, 4) is 0 Å². The van der Waals surface area contributed by atoms with Crippen LogP contribution in [0.3, 0.4) is 0 Å².